The van der Waals surface area contributed by atoms with Crippen LogP contribution in [-0.2, 0) is 0 Å². The summed E-state index contributed by atoms with van der Waals surface area (Å²) in [5.41, 5.74) is 4.09. The summed E-state index contributed by atoms with van der Waals surface area (Å²) in [6, 6.07) is 6.75. The van der Waals surface area contributed by atoms with E-state index in [2.05, 4.69) is 59.5 Å². The quantitative estimate of drug-likeness (QED) is 0.609. The highest BCUT2D eigenvalue weighted by Gasteiger charge is 2.13. The molecule has 0 amide bonds. The van der Waals surface area contributed by atoms with E-state index < -0.39 is 0 Å². The fourth-order valence-corrected chi connectivity index (χ4v) is 2.40. The van der Waals surface area contributed by atoms with Crippen molar-refractivity contribution in [2.45, 2.75) is 19.8 Å². The maximum atomic E-state index is 2.82. The lowest BCUT2D eigenvalue weighted by Crippen LogP contribution is -1.94. The normalized spacial score (nSPS) is 19.9. The van der Waals surface area contributed by atoms with Crippen LogP contribution in [0, 0.1) is 13.8 Å². The van der Waals surface area contributed by atoms with Gasteiger partial charge in [0.25, 0.3) is 0 Å². The van der Waals surface area contributed by atoms with E-state index in [4.69, 9.17) is 0 Å². The second-order valence-electron chi connectivity index (χ2n) is 3.95. The SMILES string of the molecule is Cc1cc(C)cc(C2C=CC=C2P)c1. The summed E-state index contributed by atoms with van der Waals surface area (Å²) in [7, 11) is 2.82. The Bertz CT molecular complexity index is 393. The van der Waals surface area contributed by atoms with Crippen LogP contribution in [0.2, 0.25) is 0 Å². The Kier molecular flexibility index (Phi) is 2.56. The Morgan fingerprint density at radius 1 is 1.07 bits per heavy atom. The fourth-order valence-electron chi connectivity index (χ4n) is 1.99. The first kappa shape index (κ1) is 9.68. The number of hydrogen-bond acceptors (Lipinski definition) is 0. The Hall–Kier alpha value is -0.870. The van der Waals surface area contributed by atoms with Gasteiger partial charge < -0.3 is 0 Å². The lowest BCUT2D eigenvalue weighted by Gasteiger charge is -2.12. The van der Waals surface area contributed by atoms with Gasteiger partial charge in [0.15, 0.2) is 0 Å². The van der Waals surface area contributed by atoms with E-state index in [0.29, 0.717) is 5.92 Å². The summed E-state index contributed by atoms with van der Waals surface area (Å²) < 4.78 is 0. The number of allylic oxidation sites excluding steroid dienone is 4. The molecule has 0 saturated carbocycles. The van der Waals surface area contributed by atoms with Crippen molar-refractivity contribution in [3.63, 3.8) is 0 Å². The van der Waals surface area contributed by atoms with Crippen molar-refractivity contribution in [3.8, 4) is 0 Å². The zero-order valence-corrected chi connectivity index (χ0v) is 9.77. The van der Waals surface area contributed by atoms with Crippen molar-refractivity contribution >= 4 is 9.24 Å². The molecule has 0 N–H and O–H groups in total. The van der Waals surface area contributed by atoms with Crippen LogP contribution in [0.1, 0.15) is 22.6 Å². The van der Waals surface area contributed by atoms with Gasteiger partial charge in [-0.15, -0.1) is 9.24 Å². The third-order valence-corrected chi connectivity index (χ3v) is 3.11. The van der Waals surface area contributed by atoms with Crippen molar-refractivity contribution in [2.24, 2.45) is 0 Å². The minimum Gasteiger partial charge on any atom is -0.109 e. The highest BCUT2D eigenvalue weighted by molar-refractivity contribution is 7.22. The molecule has 1 aromatic rings. The van der Waals surface area contributed by atoms with Gasteiger partial charge in [0.2, 0.25) is 0 Å². The first-order valence-corrected chi connectivity index (χ1v) is 5.46. The highest BCUT2D eigenvalue weighted by atomic mass is 31.0. The van der Waals surface area contributed by atoms with Gasteiger partial charge in [0, 0.05) is 5.92 Å². The van der Waals surface area contributed by atoms with Crippen molar-refractivity contribution in [2.75, 3.05) is 0 Å². The van der Waals surface area contributed by atoms with Gasteiger partial charge in [0.1, 0.15) is 0 Å². The van der Waals surface area contributed by atoms with E-state index in [0.717, 1.165) is 0 Å². The zero-order valence-electron chi connectivity index (χ0n) is 8.62. The topological polar surface area (TPSA) is 0 Å². The minimum atomic E-state index is 0.471. The summed E-state index contributed by atoms with van der Waals surface area (Å²) in [4.78, 5) is 0. The molecule has 1 aliphatic rings. The van der Waals surface area contributed by atoms with Crippen molar-refractivity contribution < 1.29 is 0 Å². The molecule has 0 bridgehead atoms. The molecule has 72 valence electrons. The molecule has 0 fully saturated rings. The summed E-state index contributed by atoms with van der Waals surface area (Å²) >= 11 is 0. The van der Waals surface area contributed by atoms with Crippen LogP contribution < -0.4 is 0 Å². The van der Waals surface area contributed by atoms with Gasteiger partial charge in [-0.3, -0.25) is 0 Å². The van der Waals surface area contributed by atoms with Crippen LogP contribution in [0.4, 0.5) is 0 Å². The second kappa shape index (κ2) is 3.71. The maximum Gasteiger partial charge on any atom is 0.0271 e. The average molecular weight is 202 g/mol. The minimum absolute atomic E-state index is 0.471. The first-order chi connectivity index (χ1) is 6.66. The molecule has 1 aliphatic carbocycles. The summed E-state index contributed by atoms with van der Waals surface area (Å²) in [5, 5.41) is 1.36. The molecule has 14 heavy (non-hydrogen) atoms. The Morgan fingerprint density at radius 3 is 2.21 bits per heavy atom. The van der Waals surface area contributed by atoms with Gasteiger partial charge in [-0.25, -0.2) is 0 Å². The van der Waals surface area contributed by atoms with E-state index in [1.54, 1.807) is 0 Å². The first-order valence-electron chi connectivity index (χ1n) is 4.89. The zero-order chi connectivity index (χ0) is 10.1. The summed E-state index contributed by atoms with van der Waals surface area (Å²) in [6.07, 6.45) is 6.54. The lowest BCUT2D eigenvalue weighted by molar-refractivity contribution is 1.07. The molecular weight excluding hydrogens is 187 g/mol. The van der Waals surface area contributed by atoms with Gasteiger partial charge in [0.05, 0.1) is 0 Å². The number of hydrogen-bond donors (Lipinski definition) is 0. The molecule has 2 rings (SSSR count). The summed E-state index contributed by atoms with van der Waals surface area (Å²) in [5.74, 6) is 0.471. The molecule has 0 nitrogen and oxygen atoms in total. The Morgan fingerprint density at radius 2 is 1.71 bits per heavy atom. The summed E-state index contributed by atoms with van der Waals surface area (Å²) in [6.45, 7) is 4.31. The number of rotatable bonds is 1. The standard InChI is InChI=1S/C13H15P/c1-9-6-10(2)8-11(7-9)12-4-3-5-13(12)14/h3-8,12H,14H2,1-2H3. The predicted octanol–water partition coefficient (Wildman–Crippen LogP) is 3.72. The maximum absolute atomic E-state index is 2.82. The molecule has 0 heterocycles. The predicted molar refractivity (Wildman–Crippen MR) is 65.6 cm³/mol. The van der Waals surface area contributed by atoms with Gasteiger partial charge in [-0.05, 0) is 24.7 Å². The molecule has 1 heteroatoms. The van der Waals surface area contributed by atoms with Crippen LogP contribution in [-0.4, -0.2) is 0 Å². The second-order valence-corrected chi connectivity index (χ2v) is 4.62. The van der Waals surface area contributed by atoms with Crippen LogP contribution in [0.5, 0.6) is 0 Å². The largest absolute Gasteiger partial charge is 0.109 e. The van der Waals surface area contributed by atoms with E-state index in [1.165, 1.54) is 22.0 Å². The molecule has 2 atom stereocenters. The average Bonchev–Trinajstić information content (AvgIpc) is 2.49. The van der Waals surface area contributed by atoms with Crippen LogP contribution >= 0.6 is 9.24 Å². The third kappa shape index (κ3) is 1.81. The monoisotopic (exact) mass is 202 g/mol. The molecule has 0 saturated heterocycles. The van der Waals surface area contributed by atoms with Crippen LogP contribution in [0.3, 0.4) is 0 Å². The van der Waals surface area contributed by atoms with Gasteiger partial charge >= 0.3 is 0 Å². The van der Waals surface area contributed by atoms with E-state index in [9.17, 15) is 0 Å². The van der Waals surface area contributed by atoms with Gasteiger partial charge in [-0.1, -0.05) is 47.6 Å². The van der Waals surface area contributed by atoms with E-state index >= 15 is 0 Å². The lowest BCUT2D eigenvalue weighted by atomic mass is 9.97. The Labute approximate surface area is 87.9 Å². The fraction of sp³-hybridized carbons (Fsp3) is 0.231. The van der Waals surface area contributed by atoms with Crippen LogP contribution in [0.15, 0.2) is 41.7 Å². The van der Waals surface area contributed by atoms with Crippen LogP contribution in [0.25, 0.3) is 0 Å². The molecule has 1 aromatic carbocycles. The molecule has 0 aromatic heterocycles. The molecular formula is C13H15P. The van der Waals surface area contributed by atoms with Crippen molar-refractivity contribution in [1.29, 1.82) is 0 Å². The van der Waals surface area contributed by atoms with Crippen molar-refractivity contribution in [3.05, 3.63) is 58.4 Å². The highest BCUT2D eigenvalue weighted by Crippen LogP contribution is 2.34. The number of benzene rings is 1. The molecule has 0 radical (unpaired) electrons. The smallest absolute Gasteiger partial charge is 0.0271 e. The van der Waals surface area contributed by atoms with E-state index in [1.807, 2.05) is 0 Å². The molecule has 0 aliphatic heterocycles. The number of aryl methyl sites for hydroxylation is 2. The molecule has 2 unspecified atom stereocenters. The van der Waals surface area contributed by atoms with E-state index in [-0.39, 0.29) is 0 Å². The molecule has 0 spiro atoms. The van der Waals surface area contributed by atoms with Crippen molar-refractivity contribution in [1.82, 2.24) is 0 Å². The third-order valence-electron chi connectivity index (χ3n) is 2.55. The van der Waals surface area contributed by atoms with Gasteiger partial charge in [-0.2, -0.15) is 0 Å². The Balaban J connectivity index is 2.42.